The predicted octanol–water partition coefficient (Wildman–Crippen LogP) is 3.86. The van der Waals surface area contributed by atoms with Gasteiger partial charge in [0.05, 0.1) is 17.9 Å². The fourth-order valence-electron chi connectivity index (χ4n) is 7.75. The molecule has 4 heterocycles. The zero-order chi connectivity index (χ0) is 28.0. The Morgan fingerprint density at radius 2 is 1.77 bits per heavy atom. The molecule has 1 aromatic rings. The van der Waals surface area contributed by atoms with Crippen LogP contribution in [0.15, 0.2) is 36.4 Å². The van der Waals surface area contributed by atoms with Crippen LogP contribution >= 0.6 is 11.6 Å². The predicted molar refractivity (Wildman–Crippen MR) is 154 cm³/mol. The molecule has 2 N–H and O–H groups in total. The number of rotatable bonds is 7. The molecule has 3 amide bonds. The lowest BCUT2D eigenvalue weighted by Crippen LogP contribution is -2.58. The van der Waals surface area contributed by atoms with Gasteiger partial charge in [-0.25, -0.2) is 0 Å². The number of nitrogens with one attached hydrogen (secondary N) is 2. The number of piperidine rings is 1. The lowest BCUT2D eigenvalue weighted by Gasteiger charge is -2.38. The van der Waals surface area contributed by atoms with Gasteiger partial charge in [0.1, 0.15) is 11.6 Å². The van der Waals surface area contributed by atoms with Crippen molar-refractivity contribution in [3.63, 3.8) is 0 Å². The van der Waals surface area contributed by atoms with Crippen LogP contribution in [0.1, 0.15) is 52.4 Å². The maximum absolute atomic E-state index is 14.2. The van der Waals surface area contributed by atoms with Crippen LogP contribution in [0.5, 0.6) is 0 Å². The van der Waals surface area contributed by atoms with Gasteiger partial charge in [0.2, 0.25) is 17.7 Å². The second kappa shape index (κ2) is 11.1. The molecule has 0 radical (unpaired) electrons. The van der Waals surface area contributed by atoms with Crippen molar-refractivity contribution in [2.75, 3.05) is 31.5 Å². The van der Waals surface area contributed by atoms with Crippen molar-refractivity contribution in [3.05, 3.63) is 41.4 Å². The first-order valence-corrected chi connectivity index (χ1v) is 15.4. The number of benzene rings is 1. The van der Waals surface area contributed by atoms with Crippen LogP contribution in [0.25, 0.3) is 0 Å². The normalized spacial score (nSPS) is 37.0. The summed E-state index contributed by atoms with van der Waals surface area (Å²) in [6.45, 7) is 7.63. The SMILES string of the molecule is CC1CCCC(NC(=O)C2N(CCN3CCCCC3)C(=O)[C@@H]3C(C(=O)Nc4ccc(Cl)cc4)[C@@H]4C=CC23O4)C1C. The highest BCUT2D eigenvalue weighted by atomic mass is 35.5. The Labute approximate surface area is 241 Å². The van der Waals surface area contributed by atoms with Crippen molar-refractivity contribution < 1.29 is 19.1 Å². The number of anilines is 1. The zero-order valence-corrected chi connectivity index (χ0v) is 24.2. The van der Waals surface area contributed by atoms with Gasteiger partial charge in [-0.2, -0.15) is 0 Å². The van der Waals surface area contributed by atoms with Gasteiger partial charge >= 0.3 is 0 Å². The van der Waals surface area contributed by atoms with E-state index in [0.29, 0.717) is 35.6 Å². The van der Waals surface area contributed by atoms with Crippen LogP contribution in [-0.2, 0) is 19.1 Å². The van der Waals surface area contributed by atoms with Crippen molar-refractivity contribution in [2.24, 2.45) is 23.7 Å². The molecule has 9 heteroatoms. The Balaban J connectivity index is 1.27. The van der Waals surface area contributed by atoms with Crippen molar-refractivity contribution in [2.45, 2.75) is 76.2 Å². The highest BCUT2D eigenvalue weighted by Crippen LogP contribution is 2.55. The first-order chi connectivity index (χ1) is 19.3. The highest BCUT2D eigenvalue weighted by molar-refractivity contribution is 6.30. The van der Waals surface area contributed by atoms with Crippen LogP contribution in [0.3, 0.4) is 0 Å². The van der Waals surface area contributed by atoms with E-state index >= 15 is 0 Å². The van der Waals surface area contributed by atoms with E-state index in [0.717, 1.165) is 38.8 Å². The Morgan fingerprint density at radius 3 is 2.52 bits per heavy atom. The number of hydrogen-bond donors (Lipinski definition) is 2. The van der Waals surface area contributed by atoms with Gasteiger partial charge in [-0.3, -0.25) is 14.4 Å². The molecule has 4 aliphatic heterocycles. The van der Waals surface area contributed by atoms with Crippen LogP contribution in [0.2, 0.25) is 5.02 Å². The average molecular weight is 569 g/mol. The van der Waals surface area contributed by atoms with E-state index < -0.39 is 29.6 Å². The molecule has 1 aliphatic carbocycles. The number of fused-ring (bicyclic) bond motifs is 1. The summed E-state index contributed by atoms with van der Waals surface area (Å²) in [5.74, 6) is -1.16. The molecule has 6 unspecified atom stereocenters. The second-order valence-corrected chi connectivity index (χ2v) is 13.0. The second-order valence-electron chi connectivity index (χ2n) is 12.5. The van der Waals surface area contributed by atoms with E-state index in [4.69, 9.17) is 16.3 Å². The van der Waals surface area contributed by atoms with E-state index in [1.807, 2.05) is 12.2 Å². The van der Waals surface area contributed by atoms with E-state index in [-0.39, 0.29) is 23.8 Å². The molecule has 4 fully saturated rings. The summed E-state index contributed by atoms with van der Waals surface area (Å²) in [5, 5.41) is 6.87. The number of ether oxygens (including phenoxy) is 1. The molecular weight excluding hydrogens is 528 g/mol. The van der Waals surface area contributed by atoms with Crippen LogP contribution < -0.4 is 10.6 Å². The maximum Gasteiger partial charge on any atom is 0.246 e. The van der Waals surface area contributed by atoms with E-state index in [9.17, 15) is 14.4 Å². The van der Waals surface area contributed by atoms with Crippen molar-refractivity contribution >= 4 is 35.0 Å². The van der Waals surface area contributed by atoms with E-state index in [1.165, 1.54) is 12.8 Å². The largest absolute Gasteiger partial charge is 0.359 e. The van der Waals surface area contributed by atoms with Gasteiger partial charge < -0.3 is 25.2 Å². The maximum atomic E-state index is 14.2. The molecular formula is C31H41ClN4O4. The molecule has 1 saturated carbocycles. The molecule has 216 valence electrons. The topological polar surface area (TPSA) is 91.0 Å². The summed E-state index contributed by atoms with van der Waals surface area (Å²) < 4.78 is 6.51. The number of hydrogen-bond acceptors (Lipinski definition) is 5. The summed E-state index contributed by atoms with van der Waals surface area (Å²) in [7, 11) is 0. The third kappa shape index (κ3) is 4.86. The molecule has 1 spiro atoms. The lowest BCUT2D eigenvalue weighted by atomic mass is 9.73. The first-order valence-electron chi connectivity index (χ1n) is 15.1. The number of amides is 3. The van der Waals surface area contributed by atoms with Crippen LogP contribution in [0.4, 0.5) is 5.69 Å². The number of halogens is 1. The standard InChI is InChI=1S/C31H41ClN4O4/c1-19-7-6-8-23(20(19)2)34-29(38)27-31-14-13-24(40-31)25(28(37)33-22-11-9-21(32)10-12-22)26(31)30(39)36(27)18-17-35-15-4-3-5-16-35/h9-14,19-20,23-27H,3-8,15-18H2,1-2H3,(H,33,37)(H,34,38)/t19?,20?,23?,24-,25?,26-,27?,31?/m0/s1. The summed E-state index contributed by atoms with van der Waals surface area (Å²) >= 11 is 6.02. The van der Waals surface area contributed by atoms with Crippen LogP contribution in [-0.4, -0.2) is 77.5 Å². The molecule has 3 saturated heterocycles. The zero-order valence-electron chi connectivity index (χ0n) is 23.5. The van der Waals surface area contributed by atoms with Gasteiger partial charge in [0, 0.05) is 29.8 Å². The van der Waals surface area contributed by atoms with Gasteiger partial charge in [0.25, 0.3) is 0 Å². The molecule has 0 aromatic heterocycles. The van der Waals surface area contributed by atoms with Gasteiger partial charge in [-0.15, -0.1) is 0 Å². The van der Waals surface area contributed by atoms with E-state index in [2.05, 4.69) is 29.4 Å². The summed E-state index contributed by atoms with van der Waals surface area (Å²) in [4.78, 5) is 46.1. The Hall–Kier alpha value is -2.42. The smallest absolute Gasteiger partial charge is 0.246 e. The summed E-state index contributed by atoms with van der Waals surface area (Å²) in [6, 6.07) is 6.18. The van der Waals surface area contributed by atoms with Gasteiger partial charge in [0.15, 0.2) is 0 Å². The molecule has 1 aromatic carbocycles. The van der Waals surface area contributed by atoms with Crippen LogP contribution in [0, 0.1) is 23.7 Å². The Kier molecular flexibility index (Phi) is 7.70. The number of nitrogens with zero attached hydrogens (tertiary/aromatic N) is 2. The minimum absolute atomic E-state index is 0.0670. The van der Waals surface area contributed by atoms with Gasteiger partial charge in [-0.1, -0.05) is 56.9 Å². The fraction of sp³-hybridized carbons (Fsp3) is 0.645. The summed E-state index contributed by atoms with van der Waals surface area (Å²) in [6.07, 6.45) is 9.95. The quantitative estimate of drug-likeness (QED) is 0.488. The molecule has 5 aliphatic rings. The lowest BCUT2D eigenvalue weighted by molar-refractivity contribution is -0.142. The van der Waals surface area contributed by atoms with Crippen molar-refractivity contribution in [3.8, 4) is 0 Å². The van der Waals surface area contributed by atoms with Crippen molar-refractivity contribution in [1.29, 1.82) is 0 Å². The van der Waals surface area contributed by atoms with Gasteiger partial charge in [-0.05, 0) is 68.5 Å². The minimum atomic E-state index is -1.14. The highest BCUT2D eigenvalue weighted by Gasteiger charge is 2.72. The monoisotopic (exact) mass is 568 g/mol. The van der Waals surface area contributed by atoms with Crippen molar-refractivity contribution in [1.82, 2.24) is 15.1 Å². The Morgan fingerprint density at radius 1 is 1.02 bits per heavy atom. The average Bonchev–Trinajstić information content (AvgIpc) is 3.59. The molecule has 40 heavy (non-hydrogen) atoms. The molecule has 8 nitrogen and oxygen atoms in total. The molecule has 8 atom stereocenters. The molecule has 6 rings (SSSR count). The summed E-state index contributed by atoms with van der Waals surface area (Å²) in [5.41, 5.74) is -0.531. The fourth-order valence-corrected chi connectivity index (χ4v) is 7.87. The third-order valence-corrected chi connectivity index (χ3v) is 10.4. The van der Waals surface area contributed by atoms with E-state index in [1.54, 1.807) is 29.2 Å². The Bertz CT molecular complexity index is 1170. The number of carbonyl (C=O) groups excluding carboxylic acids is 3. The number of likely N-dealkylation sites (tertiary alicyclic amines) is 2. The minimum Gasteiger partial charge on any atom is -0.359 e. The third-order valence-electron chi connectivity index (χ3n) is 10.2. The first kappa shape index (κ1) is 27.7. The molecule has 2 bridgehead atoms. The number of carbonyl (C=O) groups is 3.